The average Bonchev–Trinajstić information content (AvgIpc) is 2.26. The molecule has 2 rings (SSSR count). The SMILES string of the molecule is CCC1(C)C(Br)CC1OC1CC(C)CC(C)C1. The second kappa shape index (κ2) is 5.21. The van der Waals surface area contributed by atoms with Crippen molar-refractivity contribution < 1.29 is 4.74 Å². The molecule has 0 spiro atoms. The van der Waals surface area contributed by atoms with Crippen LogP contribution in [0.15, 0.2) is 0 Å². The molecule has 0 amide bonds. The Morgan fingerprint density at radius 2 is 1.71 bits per heavy atom. The third-order valence-electron chi connectivity index (χ3n) is 5.13. The fourth-order valence-corrected chi connectivity index (χ4v) is 4.60. The number of rotatable bonds is 3. The van der Waals surface area contributed by atoms with Gasteiger partial charge in [0.2, 0.25) is 0 Å². The Bertz CT molecular complexity index is 258. The molecule has 0 aromatic rings. The van der Waals surface area contributed by atoms with Crippen molar-refractivity contribution in [1.82, 2.24) is 0 Å². The molecule has 17 heavy (non-hydrogen) atoms. The van der Waals surface area contributed by atoms with E-state index in [9.17, 15) is 0 Å². The molecule has 0 aromatic carbocycles. The Kier molecular flexibility index (Phi) is 4.24. The Hall–Kier alpha value is 0.440. The zero-order chi connectivity index (χ0) is 12.6. The van der Waals surface area contributed by atoms with E-state index in [4.69, 9.17) is 4.74 Å². The highest BCUT2D eigenvalue weighted by atomic mass is 79.9. The van der Waals surface area contributed by atoms with Crippen LogP contribution >= 0.6 is 15.9 Å². The van der Waals surface area contributed by atoms with E-state index in [2.05, 4.69) is 43.6 Å². The van der Waals surface area contributed by atoms with E-state index in [-0.39, 0.29) is 0 Å². The molecule has 0 heterocycles. The van der Waals surface area contributed by atoms with Crippen LogP contribution in [0.1, 0.15) is 59.8 Å². The summed E-state index contributed by atoms with van der Waals surface area (Å²) in [6, 6.07) is 0. The molecule has 2 fully saturated rings. The summed E-state index contributed by atoms with van der Waals surface area (Å²) in [5.41, 5.74) is 0.365. The molecule has 0 aromatic heterocycles. The summed E-state index contributed by atoms with van der Waals surface area (Å²) in [6.45, 7) is 9.41. The topological polar surface area (TPSA) is 9.23 Å². The second-order valence-electron chi connectivity index (χ2n) is 6.73. The van der Waals surface area contributed by atoms with Crippen LogP contribution in [-0.2, 0) is 4.74 Å². The molecule has 0 bridgehead atoms. The maximum absolute atomic E-state index is 6.42. The van der Waals surface area contributed by atoms with Crippen LogP contribution in [0.4, 0.5) is 0 Å². The summed E-state index contributed by atoms with van der Waals surface area (Å²) in [7, 11) is 0. The molecule has 1 nitrogen and oxygen atoms in total. The highest BCUT2D eigenvalue weighted by Gasteiger charge is 2.50. The van der Waals surface area contributed by atoms with Gasteiger partial charge in [-0.25, -0.2) is 0 Å². The minimum Gasteiger partial charge on any atom is -0.374 e. The highest BCUT2D eigenvalue weighted by molar-refractivity contribution is 9.09. The molecule has 0 radical (unpaired) electrons. The van der Waals surface area contributed by atoms with Gasteiger partial charge in [0.1, 0.15) is 0 Å². The molecule has 2 aliphatic rings. The van der Waals surface area contributed by atoms with Gasteiger partial charge in [-0.3, -0.25) is 0 Å². The minimum absolute atomic E-state index is 0.365. The third kappa shape index (κ3) is 2.73. The van der Waals surface area contributed by atoms with Crippen molar-refractivity contribution in [2.24, 2.45) is 17.3 Å². The molecular weight excluding hydrogens is 276 g/mol. The first-order valence-electron chi connectivity index (χ1n) is 7.25. The normalized spacial score (nSPS) is 51.0. The summed E-state index contributed by atoms with van der Waals surface area (Å²) in [5, 5.41) is 0. The number of hydrogen-bond acceptors (Lipinski definition) is 1. The van der Waals surface area contributed by atoms with Gasteiger partial charge in [-0.2, -0.15) is 0 Å². The predicted octanol–water partition coefficient (Wildman–Crippen LogP) is 4.78. The van der Waals surface area contributed by atoms with Crippen molar-refractivity contribution in [2.45, 2.75) is 76.8 Å². The lowest BCUT2D eigenvalue weighted by Gasteiger charge is -2.52. The molecule has 100 valence electrons. The molecule has 2 heteroatoms. The number of alkyl halides is 1. The first-order valence-corrected chi connectivity index (χ1v) is 8.16. The standard InChI is InChI=1S/C15H27BrO/c1-5-15(4)13(16)9-14(15)17-12-7-10(2)6-11(3)8-12/h10-14H,5-9H2,1-4H3. The van der Waals surface area contributed by atoms with Crippen molar-refractivity contribution in [3.63, 3.8) is 0 Å². The first kappa shape index (κ1) is 13.9. The van der Waals surface area contributed by atoms with Crippen LogP contribution in [0, 0.1) is 17.3 Å². The van der Waals surface area contributed by atoms with Gasteiger partial charge in [-0.1, -0.05) is 43.6 Å². The summed E-state index contributed by atoms with van der Waals surface area (Å²) in [5.74, 6) is 1.69. The van der Waals surface area contributed by atoms with Gasteiger partial charge in [0.05, 0.1) is 12.2 Å². The van der Waals surface area contributed by atoms with E-state index in [0.717, 1.165) is 11.8 Å². The van der Waals surface area contributed by atoms with Crippen LogP contribution < -0.4 is 0 Å². The first-order chi connectivity index (χ1) is 7.95. The maximum Gasteiger partial charge on any atom is 0.0653 e. The summed E-state index contributed by atoms with van der Waals surface area (Å²) in [6.07, 6.45) is 7.34. The Labute approximate surface area is 115 Å². The predicted molar refractivity (Wildman–Crippen MR) is 76.6 cm³/mol. The lowest BCUT2D eigenvalue weighted by atomic mass is 9.65. The van der Waals surface area contributed by atoms with Crippen molar-refractivity contribution in [3.05, 3.63) is 0 Å². The minimum atomic E-state index is 0.365. The van der Waals surface area contributed by atoms with E-state index in [1.807, 2.05) is 0 Å². The molecular formula is C15H27BrO. The lowest BCUT2D eigenvalue weighted by Crippen LogP contribution is -2.54. The molecule has 2 aliphatic carbocycles. The molecule has 2 saturated carbocycles. The Balaban J connectivity index is 1.89. The molecule has 5 unspecified atom stereocenters. The van der Waals surface area contributed by atoms with Crippen LogP contribution in [0.3, 0.4) is 0 Å². The highest BCUT2D eigenvalue weighted by Crippen LogP contribution is 2.51. The summed E-state index contributed by atoms with van der Waals surface area (Å²) >= 11 is 3.79. The maximum atomic E-state index is 6.42. The quantitative estimate of drug-likeness (QED) is 0.682. The molecule has 0 N–H and O–H groups in total. The van der Waals surface area contributed by atoms with E-state index < -0.39 is 0 Å². The fourth-order valence-electron chi connectivity index (χ4n) is 3.64. The van der Waals surface area contributed by atoms with Crippen LogP contribution in [0.2, 0.25) is 0 Å². The van der Waals surface area contributed by atoms with Crippen molar-refractivity contribution in [2.75, 3.05) is 0 Å². The fraction of sp³-hybridized carbons (Fsp3) is 1.00. The van der Waals surface area contributed by atoms with Gasteiger partial charge in [-0.05, 0) is 43.9 Å². The smallest absolute Gasteiger partial charge is 0.0653 e. The van der Waals surface area contributed by atoms with Gasteiger partial charge in [0.15, 0.2) is 0 Å². The molecule has 0 saturated heterocycles. The Morgan fingerprint density at radius 3 is 2.18 bits per heavy atom. The number of ether oxygens (including phenoxy) is 1. The monoisotopic (exact) mass is 302 g/mol. The zero-order valence-corrected chi connectivity index (χ0v) is 13.3. The van der Waals surface area contributed by atoms with Crippen LogP contribution in [-0.4, -0.2) is 17.0 Å². The third-order valence-corrected chi connectivity index (χ3v) is 6.55. The summed E-state index contributed by atoms with van der Waals surface area (Å²) in [4.78, 5) is 0.656. The van der Waals surface area contributed by atoms with Gasteiger partial charge < -0.3 is 4.74 Å². The van der Waals surface area contributed by atoms with Crippen molar-refractivity contribution in [3.8, 4) is 0 Å². The largest absolute Gasteiger partial charge is 0.374 e. The van der Waals surface area contributed by atoms with Gasteiger partial charge in [-0.15, -0.1) is 0 Å². The number of hydrogen-bond donors (Lipinski definition) is 0. The Morgan fingerprint density at radius 1 is 1.12 bits per heavy atom. The van der Waals surface area contributed by atoms with Crippen LogP contribution in [0.25, 0.3) is 0 Å². The van der Waals surface area contributed by atoms with E-state index in [0.29, 0.717) is 22.5 Å². The van der Waals surface area contributed by atoms with Gasteiger partial charge >= 0.3 is 0 Å². The second-order valence-corrected chi connectivity index (χ2v) is 7.83. The number of halogens is 1. The zero-order valence-electron chi connectivity index (χ0n) is 11.7. The molecule has 0 aliphatic heterocycles. The van der Waals surface area contributed by atoms with Crippen LogP contribution in [0.5, 0.6) is 0 Å². The van der Waals surface area contributed by atoms with Gasteiger partial charge in [0.25, 0.3) is 0 Å². The lowest BCUT2D eigenvalue weighted by molar-refractivity contribution is -0.145. The van der Waals surface area contributed by atoms with E-state index in [1.165, 1.54) is 32.1 Å². The van der Waals surface area contributed by atoms with Crippen molar-refractivity contribution in [1.29, 1.82) is 0 Å². The van der Waals surface area contributed by atoms with Gasteiger partial charge in [0, 0.05) is 10.2 Å². The van der Waals surface area contributed by atoms with E-state index in [1.54, 1.807) is 0 Å². The van der Waals surface area contributed by atoms with E-state index >= 15 is 0 Å². The van der Waals surface area contributed by atoms with Crippen molar-refractivity contribution >= 4 is 15.9 Å². The summed E-state index contributed by atoms with van der Waals surface area (Å²) < 4.78 is 6.42. The average molecular weight is 303 g/mol. The molecule has 5 atom stereocenters.